The zero-order valence-corrected chi connectivity index (χ0v) is 16.1. The van der Waals surface area contributed by atoms with E-state index in [-0.39, 0.29) is 24.4 Å². The zero-order valence-electron chi connectivity index (χ0n) is 15.2. The third-order valence-corrected chi connectivity index (χ3v) is 6.43. The Hall–Kier alpha value is -2.52. The Morgan fingerprint density at radius 3 is 2.64 bits per heavy atom. The lowest BCUT2D eigenvalue weighted by molar-refractivity contribution is 0.0955. The molecule has 0 radical (unpaired) electrons. The fourth-order valence-electron chi connectivity index (χ4n) is 3.03. The number of sulfonamides is 1. The van der Waals surface area contributed by atoms with Crippen LogP contribution in [0.15, 0.2) is 36.4 Å². The van der Waals surface area contributed by atoms with Gasteiger partial charge in [0.15, 0.2) is 11.6 Å². The summed E-state index contributed by atoms with van der Waals surface area (Å²) in [5.74, 6) is -2.40. The van der Waals surface area contributed by atoms with E-state index in [2.05, 4.69) is 5.32 Å². The van der Waals surface area contributed by atoms with Crippen LogP contribution in [0.5, 0.6) is 5.75 Å². The van der Waals surface area contributed by atoms with Gasteiger partial charge >= 0.3 is 0 Å². The Balaban J connectivity index is 1.58. The van der Waals surface area contributed by atoms with Crippen molar-refractivity contribution in [2.45, 2.75) is 13.0 Å². The van der Waals surface area contributed by atoms with E-state index in [1.807, 2.05) is 12.1 Å². The van der Waals surface area contributed by atoms with Crippen molar-refractivity contribution in [1.82, 2.24) is 9.62 Å². The summed E-state index contributed by atoms with van der Waals surface area (Å²) in [7, 11) is -2.00. The second-order valence-corrected chi connectivity index (χ2v) is 8.51. The summed E-state index contributed by atoms with van der Waals surface area (Å²) in [6.07, 6.45) is 0.576. The molecule has 0 aliphatic carbocycles. The number of carbonyl (C=O) groups excluding carboxylic acids is 1. The molecule has 28 heavy (non-hydrogen) atoms. The molecule has 0 unspecified atom stereocenters. The highest BCUT2D eigenvalue weighted by Gasteiger charge is 2.26. The minimum absolute atomic E-state index is 0.0721. The van der Waals surface area contributed by atoms with Gasteiger partial charge in [-0.2, -0.15) is 4.31 Å². The number of fused-ring (bicyclic) bond motifs is 1. The second-order valence-electron chi connectivity index (χ2n) is 6.42. The Morgan fingerprint density at radius 2 is 1.93 bits per heavy atom. The summed E-state index contributed by atoms with van der Waals surface area (Å²) in [4.78, 5) is 12.0. The quantitative estimate of drug-likeness (QED) is 0.791. The van der Waals surface area contributed by atoms with Gasteiger partial charge in [0.1, 0.15) is 5.75 Å². The van der Waals surface area contributed by atoms with Crippen LogP contribution in [0.2, 0.25) is 0 Å². The molecule has 1 aliphatic rings. The summed E-state index contributed by atoms with van der Waals surface area (Å²) in [5.41, 5.74) is 1.90. The highest BCUT2D eigenvalue weighted by molar-refractivity contribution is 7.89. The number of carbonyl (C=O) groups is 1. The minimum Gasteiger partial charge on any atom is -0.497 e. The fourth-order valence-corrected chi connectivity index (χ4v) is 4.35. The van der Waals surface area contributed by atoms with Gasteiger partial charge < -0.3 is 10.1 Å². The monoisotopic (exact) mass is 410 g/mol. The first kappa shape index (κ1) is 20.2. The molecule has 1 heterocycles. The van der Waals surface area contributed by atoms with Gasteiger partial charge in [-0.05, 0) is 47.9 Å². The molecule has 0 aromatic heterocycles. The zero-order chi connectivity index (χ0) is 20.3. The third-order valence-electron chi connectivity index (χ3n) is 4.61. The Kier molecular flexibility index (Phi) is 5.95. The number of halogens is 2. The summed E-state index contributed by atoms with van der Waals surface area (Å²) < 4.78 is 57.8. The molecule has 0 atom stereocenters. The molecule has 0 fully saturated rings. The molecule has 6 nitrogen and oxygen atoms in total. The predicted molar refractivity (Wildman–Crippen MR) is 99.6 cm³/mol. The Bertz CT molecular complexity index is 995. The molecule has 2 aromatic carbocycles. The van der Waals surface area contributed by atoms with Crippen LogP contribution in [0, 0.1) is 11.6 Å². The lowest BCUT2D eigenvalue weighted by Gasteiger charge is -2.28. The molecule has 0 saturated carbocycles. The van der Waals surface area contributed by atoms with Gasteiger partial charge in [0.05, 0.1) is 12.9 Å². The van der Waals surface area contributed by atoms with Crippen LogP contribution < -0.4 is 10.1 Å². The van der Waals surface area contributed by atoms with E-state index in [0.717, 1.165) is 35.1 Å². The van der Waals surface area contributed by atoms with Crippen LogP contribution >= 0.6 is 0 Å². The molecule has 1 aliphatic heterocycles. The normalized spacial score (nSPS) is 14.4. The first-order valence-electron chi connectivity index (χ1n) is 8.67. The summed E-state index contributed by atoms with van der Waals surface area (Å²) in [5, 5.41) is 2.42. The van der Waals surface area contributed by atoms with E-state index < -0.39 is 27.6 Å². The number of methoxy groups -OCH3 is 1. The van der Waals surface area contributed by atoms with Crippen molar-refractivity contribution in [2.75, 3.05) is 26.0 Å². The summed E-state index contributed by atoms with van der Waals surface area (Å²) in [6, 6.07) is 8.30. The van der Waals surface area contributed by atoms with Crippen LogP contribution in [0.3, 0.4) is 0 Å². The van der Waals surface area contributed by atoms with E-state index in [1.165, 1.54) is 4.31 Å². The van der Waals surface area contributed by atoms with E-state index in [1.54, 1.807) is 13.2 Å². The average Bonchev–Trinajstić information content (AvgIpc) is 2.68. The van der Waals surface area contributed by atoms with Gasteiger partial charge in [0.2, 0.25) is 10.0 Å². The van der Waals surface area contributed by atoms with Crippen LogP contribution in [-0.4, -0.2) is 44.6 Å². The number of nitrogens with zero attached hydrogens (tertiary/aromatic N) is 1. The minimum atomic E-state index is -3.58. The number of hydrogen-bond acceptors (Lipinski definition) is 4. The van der Waals surface area contributed by atoms with Crippen molar-refractivity contribution in [2.24, 2.45) is 0 Å². The molecule has 1 N–H and O–H groups in total. The molecule has 2 aromatic rings. The van der Waals surface area contributed by atoms with Crippen LogP contribution in [-0.2, 0) is 23.0 Å². The molecular weight excluding hydrogens is 390 g/mol. The van der Waals surface area contributed by atoms with Gasteiger partial charge in [0.25, 0.3) is 5.91 Å². The van der Waals surface area contributed by atoms with Gasteiger partial charge in [-0.25, -0.2) is 17.2 Å². The largest absolute Gasteiger partial charge is 0.497 e. The number of ether oxygens (including phenoxy) is 1. The van der Waals surface area contributed by atoms with Gasteiger partial charge in [0, 0.05) is 25.2 Å². The van der Waals surface area contributed by atoms with Crippen molar-refractivity contribution in [3.63, 3.8) is 0 Å². The molecular formula is C19H20F2N2O4S. The number of rotatable bonds is 6. The molecule has 3 rings (SSSR count). The summed E-state index contributed by atoms with van der Waals surface area (Å²) >= 11 is 0. The maximum atomic E-state index is 13.2. The number of benzene rings is 2. The fraction of sp³-hybridized carbons (Fsp3) is 0.316. The highest BCUT2D eigenvalue weighted by Crippen LogP contribution is 2.25. The molecule has 0 spiro atoms. The van der Waals surface area contributed by atoms with Crippen LogP contribution in [0.4, 0.5) is 8.78 Å². The first-order valence-corrected chi connectivity index (χ1v) is 10.3. The molecule has 0 bridgehead atoms. The summed E-state index contributed by atoms with van der Waals surface area (Å²) in [6.45, 7) is 0.477. The van der Waals surface area contributed by atoms with E-state index >= 15 is 0 Å². The van der Waals surface area contributed by atoms with E-state index in [4.69, 9.17) is 4.74 Å². The molecule has 0 saturated heterocycles. The van der Waals surface area contributed by atoms with Crippen LogP contribution in [0.25, 0.3) is 0 Å². The second kappa shape index (κ2) is 8.24. The highest BCUT2D eigenvalue weighted by atomic mass is 32.2. The van der Waals surface area contributed by atoms with Crippen molar-refractivity contribution in [1.29, 1.82) is 0 Å². The Labute approximate surface area is 162 Å². The van der Waals surface area contributed by atoms with Gasteiger partial charge in [-0.3, -0.25) is 4.79 Å². The number of nitrogens with one attached hydrogen (secondary N) is 1. The van der Waals surface area contributed by atoms with Gasteiger partial charge in [-0.15, -0.1) is 0 Å². The van der Waals surface area contributed by atoms with E-state index in [9.17, 15) is 22.0 Å². The SMILES string of the molecule is COc1ccc2c(c1)CCN(S(=O)(=O)CCNC(=O)c1ccc(F)c(F)c1)C2. The Morgan fingerprint density at radius 1 is 1.14 bits per heavy atom. The van der Waals surface area contributed by atoms with Crippen molar-refractivity contribution >= 4 is 15.9 Å². The maximum absolute atomic E-state index is 13.2. The lowest BCUT2D eigenvalue weighted by Crippen LogP contribution is -2.40. The lowest BCUT2D eigenvalue weighted by atomic mass is 10.0. The third kappa shape index (κ3) is 4.48. The maximum Gasteiger partial charge on any atom is 0.251 e. The number of hydrogen-bond donors (Lipinski definition) is 1. The van der Waals surface area contributed by atoms with Crippen LogP contribution in [0.1, 0.15) is 21.5 Å². The standard InChI is InChI=1S/C19H20F2N2O4S/c1-27-16-4-2-15-12-23(8-6-13(15)10-16)28(25,26)9-7-22-19(24)14-3-5-17(20)18(21)11-14/h2-5,10-11H,6-9,12H2,1H3,(H,22,24). The molecule has 1 amide bonds. The first-order chi connectivity index (χ1) is 13.3. The van der Waals surface area contributed by atoms with Crippen molar-refractivity contribution < 1.29 is 26.7 Å². The number of amides is 1. The van der Waals surface area contributed by atoms with Gasteiger partial charge in [-0.1, -0.05) is 6.07 Å². The average molecular weight is 410 g/mol. The smallest absolute Gasteiger partial charge is 0.251 e. The predicted octanol–water partition coefficient (Wildman–Crippen LogP) is 2.09. The molecule has 9 heteroatoms. The van der Waals surface area contributed by atoms with E-state index in [0.29, 0.717) is 13.0 Å². The van der Waals surface area contributed by atoms with Crippen molar-refractivity contribution in [3.05, 3.63) is 64.7 Å². The molecule has 150 valence electrons. The topological polar surface area (TPSA) is 75.7 Å². The van der Waals surface area contributed by atoms with Crippen molar-refractivity contribution in [3.8, 4) is 5.75 Å².